The summed E-state index contributed by atoms with van der Waals surface area (Å²) in [5.41, 5.74) is 3.14. The van der Waals surface area contributed by atoms with E-state index in [9.17, 15) is 0 Å². The van der Waals surface area contributed by atoms with Gasteiger partial charge in [0, 0.05) is 17.9 Å². The molecule has 0 saturated heterocycles. The van der Waals surface area contributed by atoms with Crippen LogP contribution < -0.4 is 9.47 Å². The van der Waals surface area contributed by atoms with Gasteiger partial charge in [0.1, 0.15) is 11.5 Å². The highest BCUT2D eigenvalue weighted by molar-refractivity contribution is 8.01. The number of aliphatic hydroxyl groups is 1. The number of rotatable bonds is 8. The van der Waals surface area contributed by atoms with Gasteiger partial charge in [-0.2, -0.15) is 0 Å². The summed E-state index contributed by atoms with van der Waals surface area (Å²) in [7, 11) is 3.33. The van der Waals surface area contributed by atoms with Crippen molar-refractivity contribution in [3.05, 3.63) is 48.5 Å². The molecular formula is C20H21NO3S2. The molecule has 1 aromatic heterocycles. The van der Waals surface area contributed by atoms with Gasteiger partial charge in [-0.3, -0.25) is 0 Å². The lowest BCUT2D eigenvalue weighted by Gasteiger charge is -2.05. The highest BCUT2D eigenvalue weighted by Crippen LogP contribution is 2.41. The van der Waals surface area contributed by atoms with Gasteiger partial charge in [0.15, 0.2) is 4.34 Å². The van der Waals surface area contributed by atoms with Gasteiger partial charge in [0.2, 0.25) is 0 Å². The Bertz CT molecular complexity index is 764. The number of aliphatic hydroxyl groups excluding tert-OH is 1. The fourth-order valence-electron chi connectivity index (χ4n) is 2.47. The lowest BCUT2D eigenvalue weighted by Crippen LogP contribution is -1.86. The molecule has 0 bridgehead atoms. The van der Waals surface area contributed by atoms with Crippen molar-refractivity contribution in [3.63, 3.8) is 0 Å². The van der Waals surface area contributed by atoms with Crippen molar-refractivity contribution in [3.8, 4) is 33.2 Å². The predicted octanol–water partition coefficient (Wildman–Crippen LogP) is 4.97. The lowest BCUT2D eigenvalue weighted by molar-refractivity contribution is 0.296. The average molecular weight is 388 g/mol. The van der Waals surface area contributed by atoms with E-state index in [-0.39, 0.29) is 6.61 Å². The summed E-state index contributed by atoms with van der Waals surface area (Å²) in [5.74, 6) is 2.52. The Morgan fingerprint density at radius 1 is 0.923 bits per heavy atom. The van der Waals surface area contributed by atoms with Crippen LogP contribution in [-0.2, 0) is 0 Å². The van der Waals surface area contributed by atoms with Crippen LogP contribution in [0.4, 0.5) is 0 Å². The monoisotopic (exact) mass is 387 g/mol. The molecule has 1 N–H and O–H groups in total. The number of methoxy groups -OCH3 is 2. The van der Waals surface area contributed by atoms with E-state index in [2.05, 4.69) is 12.1 Å². The molecule has 136 valence electrons. The van der Waals surface area contributed by atoms with Gasteiger partial charge in [-0.25, -0.2) is 4.98 Å². The molecule has 0 aliphatic heterocycles. The Hall–Kier alpha value is -2.02. The van der Waals surface area contributed by atoms with Crippen LogP contribution in [0, 0.1) is 0 Å². The van der Waals surface area contributed by atoms with Gasteiger partial charge in [0.05, 0.1) is 24.8 Å². The van der Waals surface area contributed by atoms with Crippen LogP contribution in [0.15, 0.2) is 52.9 Å². The van der Waals surface area contributed by atoms with Crippen molar-refractivity contribution in [1.29, 1.82) is 0 Å². The number of hydrogen-bond donors (Lipinski definition) is 1. The molecule has 6 heteroatoms. The number of benzene rings is 2. The largest absolute Gasteiger partial charge is 0.497 e. The standard InChI is InChI=1S/C20H21NO3S2/c1-23-16-8-4-14(5-9-16)18-19(15-6-10-17(24-2)11-7-15)26-20(21-18)25-13-3-12-22/h4-11,22H,3,12-13H2,1-2H3. The van der Waals surface area contributed by atoms with Crippen molar-refractivity contribution in [2.75, 3.05) is 26.6 Å². The number of thiazole rings is 1. The number of nitrogens with zero attached hydrogens (tertiary/aromatic N) is 1. The van der Waals surface area contributed by atoms with E-state index in [1.165, 1.54) is 0 Å². The third-order valence-corrected chi connectivity index (χ3v) is 6.18. The van der Waals surface area contributed by atoms with Crippen molar-refractivity contribution in [2.45, 2.75) is 10.8 Å². The van der Waals surface area contributed by atoms with Crippen molar-refractivity contribution in [2.24, 2.45) is 0 Å². The van der Waals surface area contributed by atoms with Crippen LogP contribution in [-0.4, -0.2) is 36.7 Å². The first-order valence-electron chi connectivity index (χ1n) is 8.28. The van der Waals surface area contributed by atoms with E-state index in [1.807, 2.05) is 36.4 Å². The third kappa shape index (κ3) is 4.38. The van der Waals surface area contributed by atoms with Crippen LogP contribution in [0.25, 0.3) is 21.7 Å². The molecule has 1 heterocycles. The van der Waals surface area contributed by atoms with E-state index in [1.54, 1.807) is 37.3 Å². The molecule has 26 heavy (non-hydrogen) atoms. The predicted molar refractivity (Wildman–Crippen MR) is 109 cm³/mol. The maximum Gasteiger partial charge on any atom is 0.151 e. The Labute approximate surface area is 161 Å². The second-order valence-electron chi connectivity index (χ2n) is 5.54. The van der Waals surface area contributed by atoms with E-state index in [0.29, 0.717) is 0 Å². The molecule has 0 amide bonds. The van der Waals surface area contributed by atoms with E-state index >= 15 is 0 Å². The molecule has 3 rings (SSSR count). The van der Waals surface area contributed by atoms with Crippen LogP contribution in [0.2, 0.25) is 0 Å². The Morgan fingerprint density at radius 2 is 1.50 bits per heavy atom. The minimum atomic E-state index is 0.203. The summed E-state index contributed by atoms with van der Waals surface area (Å²) in [6, 6.07) is 16.0. The van der Waals surface area contributed by atoms with Crippen LogP contribution in [0.3, 0.4) is 0 Å². The Balaban J connectivity index is 1.98. The van der Waals surface area contributed by atoms with E-state index in [0.717, 1.165) is 49.7 Å². The SMILES string of the molecule is COc1ccc(-c2nc(SCCCO)sc2-c2ccc(OC)cc2)cc1. The summed E-state index contributed by atoms with van der Waals surface area (Å²) in [6.45, 7) is 0.203. The normalized spacial score (nSPS) is 10.7. The summed E-state index contributed by atoms with van der Waals surface area (Å²) in [6.07, 6.45) is 0.764. The van der Waals surface area contributed by atoms with Crippen LogP contribution in [0.1, 0.15) is 6.42 Å². The summed E-state index contributed by atoms with van der Waals surface area (Å²) in [4.78, 5) is 5.98. The van der Waals surface area contributed by atoms with E-state index in [4.69, 9.17) is 19.6 Å². The van der Waals surface area contributed by atoms with Gasteiger partial charge in [0.25, 0.3) is 0 Å². The summed E-state index contributed by atoms with van der Waals surface area (Å²) in [5, 5.41) is 9.00. The van der Waals surface area contributed by atoms with Crippen LogP contribution >= 0.6 is 23.1 Å². The zero-order valence-electron chi connectivity index (χ0n) is 14.8. The first-order chi connectivity index (χ1) is 12.7. The minimum absolute atomic E-state index is 0.203. The molecule has 0 aliphatic carbocycles. The molecule has 0 saturated carbocycles. The Kier molecular flexibility index (Phi) is 6.55. The maximum absolute atomic E-state index is 9.00. The maximum atomic E-state index is 9.00. The molecular weight excluding hydrogens is 366 g/mol. The fourth-order valence-corrected chi connectivity index (χ4v) is 4.63. The highest BCUT2D eigenvalue weighted by atomic mass is 32.2. The topological polar surface area (TPSA) is 51.6 Å². The first-order valence-corrected chi connectivity index (χ1v) is 10.1. The van der Waals surface area contributed by atoms with Crippen molar-refractivity contribution >= 4 is 23.1 Å². The van der Waals surface area contributed by atoms with Gasteiger partial charge in [-0.15, -0.1) is 11.3 Å². The fraction of sp³-hybridized carbons (Fsp3) is 0.250. The molecule has 2 aromatic carbocycles. The van der Waals surface area contributed by atoms with Crippen molar-refractivity contribution in [1.82, 2.24) is 4.98 Å². The molecule has 4 nitrogen and oxygen atoms in total. The second kappa shape index (κ2) is 9.07. The first kappa shape index (κ1) is 18.8. The molecule has 0 radical (unpaired) electrons. The quantitative estimate of drug-likeness (QED) is 0.437. The number of aromatic nitrogens is 1. The van der Waals surface area contributed by atoms with E-state index < -0.39 is 0 Å². The number of ether oxygens (including phenoxy) is 2. The zero-order chi connectivity index (χ0) is 18.4. The van der Waals surface area contributed by atoms with Gasteiger partial charge >= 0.3 is 0 Å². The number of thioether (sulfide) groups is 1. The van der Waals surface area contributed by atoms with Crippen LogP contribution in [0.5, 0.6) is 11.5 Å². The third-order valence-electron chi connectivity index (χ3n) is 3.85. The van der Waals surface area contributed by atoms with Gasteiger partial charge in [-0.1, -0.05) is 11.8 Å². The average Bonchev–Trinajstić information content (AvgIpc) is 3.12. The van der Waals surface area contributed by atoms with Crippen molar-refractivity contribution < 1.29 is 14.6 Å². The molecule has 0 fully saturated rings. The summed E-state index contributed by atoms with van der Waals surface area (Å²) >= 11 is 3.36. The zero-order valence-corrected chi connectivity index (χ0v) is 16.4. The molecule has 0 atom stereocenters. The summed E-state index contributed by atoms with van der Waals surface area (Å²) < 4.78 is 11.5. The lowest BCUT2D eigenvalue weighted by atomic mass is 10.1. The molecule has 0 spiro atoms. The molecule has 0 unspecified atom stereocenters. The van der Waals surface area contributed by atoms with Gasteiger partial charge < -0.3 is 14.6 Å². The highest BCUT2D eigenvalue weighted by Gasteiger charge is 2.15. The minimum Gasteiger partial charge on any atom is -0.497 e. The molecule has 0 aliphatic rings. The Morgan fingerprint density at radius 3 is 2.04 bits per heavy atom. The van der Waals surface area contributed by atoms with Gasteiger partial charge in [-0.05, 0) is 60.5 Å². The second-order valence-corrected chi connectivity index (χ2v) is 7.88. The number of hydrogen-bond acceptors (Lipinski definition) is 6. The smallest absolute Gasteiger partial charge is 0.151 e. The molecule has 3 aromatic rings.